The average molecular weight is 658 g/mol. The van der Waals surface area contributed by atoms with Gasteiger partial charge in [-0.25, -0.2) is 4.98 Å². The van der Waals surface area contributed by atoms with Crippen molar-refractivity contribution in [2.45, 2.75) is 33.2 Å². The van der Waals surface area contributed by atoms with E-state index in [-0.39, 0.29) is 24.0 Å². The summed E-state index contributed by atoms with van der Waals surface area (Å²) in [6.45, 7) is 7.51. The molecule has 2 aliphatic heterocycles. The number of aryl methyl sites for hydroxylation is 2. The molecular weight excluding hydrogens is 626 g/mol. The molecular formula is C33H32ClN7O4S. The van der Waals surface area contributed by atoms with E-state index >= 15 is 0 Å². The minimum atomic E-state index is -0.570. The van der Waals surface area contributed by atoms with Crippen molar-refractivity contribution in [2.75, 3.05) is 33.3 Å². The Morgan fingerprint density at radius 1 is 0.978 bits per heavy atom. The Bertz CT molecular complexity index is 1870. The topological polar surface area (TPSA) is 123 Å². The van der Waals surface area contributed by atoms with Crippen molar-refractivity contribution >= 4 is 46.2 Å². The highest BCUT2D eigenvalue weighted by Crippen LogP contribution is 2.39. The van der Waals surface area contributed by atoms with Crippen LogP contribution in [0.25, 0.3) is 5.00 Å². The fraction of sp³-hybridized carbons (Fsp3) is 0.303. The molecule has 1 atom stereocenters. The lowest BCUT2D eigenvalue weighted by molar-refractivity contribution is -0.137. The van der Waals surface area contributed by atoms with Gasteiger partial charge in [0.15, 0.2) is 11.6 Å². The normalized spacial score (nSPS) is 16.1. The maximum Gasteiger partial charge on any atom is 0.246 e. The van der Waals surface area contributed by atoms with Gasteiger partial charge >= 0.3 is 0 Å². The molecule has 0 radical (unpaired) electrons. The molecule has 0 aliphatic carbocycles. The zero-order valence-corrected chi connectivity index (χ0v) is 27.4. The minimum absolute atomic E-state index is 0.0839. The molecule has 5 heterocycles. The zero-order chi connectivity index (χ0) is 32.5. The molecule has 0 N–H and O–H groups in total. The summed E-state index contributed by atoms with van der Waals surface area (Å²) in [5, 5.41) is 10.5. The van der Waals surface area contributed by atoms with Gasteiger partial charge in [-0.05, 0) is 50.6 Å². The number of pyridine rings is 1. The van der Waals surface area contributed by atoms with Crippen LogP contribution in [-0.4, -0.2) is 86.1 Å². The van der Waals surface area contributed by atoms with Gasteiger partial charge in [-0.2, -0.15) is 0 Å². The summed E-state index contributed by atoms with van der Waals surface area (Å²) in [6, 6.07) is 10.2. The van der Waals surface area contributed by atoms with Crippen molar-refractivity contribution in [3.8, 4) is 10.9 Å². The SMILES string of the molecule is COc1ccc(C(=O)/C=C/C(=O)N2CCN(C(=O)C[C@@H]3N=C(c4ccc(Cl)cc4)c4c(sc(C)c4C)-n4c(C)nnc43)CC2)cn1. The third-order valence-corrected chi connectivity index (χ3v) is 9.72. The zero-order valence-electron chi connectivity index (χ0n) is 25.9. The number of nitrogens with zero attached hydrogens (tertiary/aromatic N) is 7. The van der Waals surface area contributed by atoms with Crippen LogP contribution in [0.5, 0.6) is 5.88 Å². The number of hydrogen-bond acceptors (Lipinski definition) is 9. The van der Waals surface area contributed by atoms with Crippen molar-refractivity contribution in [1.82, 2.24) is 29.5 Å². The lowest BCUT2D eigenvalue weighted by Gasteiger charge is -2.34. The van der Waals surface area contributed by atoms with Gasteiger partial charge in [-0.1, -0.05) is 23.7 Å². The number of amides is 2. The third-order valence-electron chi connectivity index (χ3n) is 8.28. The van der Waals surface area contributed by atoms with Crippen molar-refractivity contribution in [3.05, 3.63) is 98.5 Å². The standard InChI is InChI=1S/C33H32ClN7O4S/c1-19-20(2)46-33-30(19)31(22-5-8-24(34)9-6-22)36-25(32-38-37-21(3)41(32)33)17-29(44)40-15-13-39(14-16-40)28(43)12-10-26(42)23-7-11-27(45-4)35-18-23/h5-12,18,25H,13-17H2,1-4H3/b12-10+/t25-/m0/s1. The first-order chi connectivity index (χ1) is 22.1. The fourth-order valence-electron chi connectivity index (χ4n) is 5.60. The second kappa shape index (κ2) is 13.0. The number of carbonyl (C=O) groups is 3. The number of rotatable bonds is 7. The summed E-state index contributed by atoms with van der Waals surface area (Å²) >= 11 is 7.87. The van der Waals surface area contributed by atoms with E-state index in [1.54, 1.807) is 33.3 Å². The number of ketones is 1. The second-order valence-electron chi connectivity index (χ2n) is 11.1. The Morgan fingerprint density at radius 3 is 2.37 bits per heavy atom. The minimum Gasteiger partial charge on any atom is -0.481 e. The highest BCUT2D eigenvalue weighted by Gasteiger charge is 2.34. The Balaban J connectivity index is 1.17. The number of carbonyl (C=O) groups excluding carboxylic acids is 3. The lowest BCUT2D eigenvalue weighted by atomic mass is 9.99. The van der Waals surface area contributed by atoms with Gasteiger partial charge in [0.1, 0.15) is 16.9 Å². The van der Waals surface area contributed by atoms with Crippen LogP contribution >= 0.6 is 22.9 Å². The molecule has 46 heavy (non-hydrogen) atoms. The van der Waals surface area contributed by atoms with E-state index in [1.165, 1.54) is 30.3 Å². The largest absolute Gasteiger partial charge is 0.481 e. The number of fused-ring (bicyclic) bond motifs is 3. The number of aromatic nitrogens is 4. The van der Waals surface area contributed by atoms with Crippen LogP contribution in [-0.2, 0) is 9.59 Å². The number of ether oxygens (including phenoxy) is 1. The molecule has 2 amide bonds. The predicted octanol–water partition coefficient (Wildman–Crippen LogP) is 4.70. The van der Waals surface area contributed by atoms with E-state index in [2.05, 4.69) is 29.0 Å². The van der Waals surface area contributed by atoms with E-state index in [0.29, 0.717) is 48.5 Å². The van der Waals surface area contributed by atoms with Crippen LogP contribution in [0.3, 0.4) is 0 Å². The first-order valence-corrected chi connectivity index (χ1v) is 16.0. The summed E-state index contributed by atoms with van der Waals surface area (Å²) < 4.78 is 7.04. The van der Waals surface area contributed by atoms with Crippen molar-refractivity contribution in [3.63, 3.8) is 0 Å². The summed E-state index contributed by atoms with van der Waals surface area (Å²) in [6.07, 6.45) is 4.01. The van der Waals surface area contributed by atoms with E-state index in [9.17, 15) is 14.4 Å². The van der Waals surface area contributed by atoms with E-state index < -0.39 is 6.04 Å². The predicted molar refractivity (Wildman–Crippen MR) is 175 cm³/mol. The lowest BCUT2D eigenvalue weighted by Crippen LogP contribution is -2.50. The maximum atomic E-state index is 13.7. The number of allylic oxidation sites excluding steroid dienone is 1. The van der Waals surface area contributed by atoms with E-state index in [1.807, 2.05) is 35.8 Å². The molecule has 1 fully saturated rings. The molecule has 2 aliphatic rings. The first-order valence-electron chi connectivity index (χ1n) is 14.8. The van der Waals surface area contributed by atoms with Gasteiger partial charge in [0, 0.05) is 71.1 Å². The highest BCUT2D eigenvalue weighted by atomic mass is 35.5. The molecule has 3 aromatic heterocycles. The number of methoxy groups -OCH3 is 1. The summed E-state index contributed by atoms with van der Waals surface area (Å²) in [5.41, 5.74) is 4.18. The van der Waals surface area contributed by atoms with Crippen molar-refractivity contribution in [1.29, 1.82) is 0 Å². The highest BCUT2D eigenvalue weighted by molar-refractivity contribution is 7.15. The Hall–Kier alpha value is -4.68. The fourth-order valence-corrected chi connectivity index (χ4v) is 6.94. The van der Waals surface area contributed by atoms with E-state index in [0.717, 1.165) is 33.2 Å². The molecule has 1 saturated heterocycles. The molecule has 11 nitrogen and oxygen atoms in total. The molecule has 0 unspecified atom stereocenters. The van der Waals surface area contributed by atoms with Gasteiger partial charge in [-0.3, -0.25) is 23.9 Å². The van der Waals surface area contributed by atoms with Crippen LogP contribution in [0, 0.1) is 20.8 Å². The Labute approximate surface area is 275 Å². The van der Waals surface area contributed by atoms with Gasteiger partial charge in [-0.15, -0.1) is 21.5 Å². The molecule has 13 heteroatoms. The quantitative estimate of drug-likeness (QED) is 0.208. The van der Waals surface area contributed by atoms with Crippen molar-refractivity contribution < 1.29 is 19.1 Å². The monoisotopic (exact) mass is 657 g/mol. The summed E-state index contributed by atoms with van der Waals surface area (Å²) in [5.74, 6) is 1.04. The Morgan fingerprint density at radius 2 is 1.70 bits per heavy atom. The van der Waals surface area contributed by atoms with Crippen LogP contribution in [0.4, 0.5) is 0 Å². The molecule has 0 bridgehead atoms. The number of benzene rings is 1. The Kier molecular flexibility index (Phi) is 8.83. The first kappa shape index (κ1) is 31.3. The maximum absolute atomic E-state index is 13.7. The number of aliphatic imine (C=N–C) groups is 1. The van der Waals surface area contributed by atoms with Gasteiger partial charge < -0.3 is 14.5 Å². The van der Waals surface area contributed by atoms with Gasteiger partial charge in [0.2, 0.25) is 17.7 Å². The smallest absolute Gasteiger partial charge is 0.246 e. The van der Waals surface area contributed by atoms with Crippen LogP contribution in [0.2, 0.25) is 5.02 Å². The molecule has 6 rings (SSSR count). The van der Waals surface area contributed by atoms with E-state index in [4.69, 9.17) is 21.3 Å². The molecule has 4 aromatic rings. The number of hydrogen-bond donors (Lipinski definition) is 0. The third kappa shape index (κ3) is 6.10. The summed E-state index contributed by atoms with van der Waals surface area (Å²) in [7, 11) is 1.49. The number of halogens is 1. The van der Waals surface area contributed by atoms with Crippen LogP contribution in [0.15, 0.2) is 59.7 Å². The molecule has 0 saturated carbocycles. The summed E-state index contributed by atoms with van der Waals surface area (Å²) in [4.78, 5) is 52.8. The molecule has 1 aromatic carbocycles. The van der Waals surface area contributed by atoms with Crippen LogP contribution in [0.1, 0.15) is 56.0 Å². The number of piperazine rings is 1. The number of thiophene rings is 1. The molecule has 236 valence electrons. The second-order valence-corrected chi connectivity index (χ2v) is 12.7. The van der Waals surface area contributed by atoms with Crippen LogP contribution < -0.4 is 4.74 Å². The molecule has 0 spiro atoms. The van der Waals surface area contributed by atoms with Gasteiger partial charge in [0.25, 0.3) is 0 Å². The average Bonchev–Trinajstić information content (AvgIpc) is 3.55. The van der Waals surface area contributed by atoms with Crippen molar-refractivity contribution in [2.24, 2.45) is 4.99 Å². The van der Waals surface area contributed by atoms with Gasteiger partial charge in [0.05, 0.1) is 19.2 Å².